The molecule has 2 atom stereocenters. The summed E-state index contributed by atoms with van der Waals surface area (Å²) in [4.78, 5) is 25.3. The van der Waals surface area contributed by atoms with Crippen LogP contribution in [0.25, 0.3) is 0 Å². The van der Waals surface area contributed by atoms with Gasteiger partial charge >= 0.3 is 0 Å². The van der Waals surface area contributed by atoms with Crippen LogP contribution in [0, 0.1) is 11.8 Å². The van der Waals surface area contributed by atoms with Crippen LogP contribution < -0.4 is 22.1 Å². The van der Waals surface area contributed by atoms with Crippen molar-refractivity contribution in [2.24, 2.45) is 23.3 Å². The smallest absolute Gasteiger partial charge is 0.223 e. The van der Waals surface area contributed by atoms with Gasteiger partial charge in [0, 0.05) is 36.0 Å². The second-order valence-corrected chi connectivity index (χ2v) is 8.80. The van der Waals surface area contributed by atoms with Gasteiger partial charge in [-0.25, -0.2) is 0 Å². The van der Waals surface area contributed by atoms with Crippen molar-refractivity contribution in [3.05, 3.63) is 0 Å². The first-order valence-electron chi connectivity index (χ1n) is 10.6. The predicted molar refractivity (Wildman–Crippen MR) is 102 cm³/mol. The number of hydrogen-bond acceptors (Lipinski definition) is 4. The van der Waals surface area contributed by atoms with Gasteiger partial charge in [-0.1, -0.05) is 6.42 Å². The molecule has 0 radical (unpaired) electrons. The van der Waals surface area contributed by atoms with Gasteiger partial charge in [0.15, 0.2) is 0 Å². The summed E-state index contributed by atoms with van der Waals surface area (Å²) in [6.07, 6.45) is 11.3. The van der Waals surface area contributed by atoms with Gasteiger partial charge in [0.1, 0.15) is 0 Å². The molecule has 2 unspecified atom stereocenters. The second-order valence-electron chi connectivity index (χ2n) is 8.80. The van der Waals surface area contributed by atoms with Crippen molar-refractivity contribution in [1.29, 1.82) is 0 Å². The van der Waals surface area contributed by atoms with Crippen molar-refractivity contribution in [2.75, 3.05) is 0 Å². The normalized spacial score (nSPS) is 38.4. The highest BCUT2D eigenvalue weighted by atomic mass is 16.2. The number of rotatable bonds is 4. The molecule has 2 amide bonds. The Morgan fingerprint density at radius 2 is 1.00 bits per heavy atom. The highest BCUT2D eigenvalue weighted by molar-refractivity contribution is 5.82. The largest absolute Gasteiger partial charge is 0.353 e. The van der Waals surface area contributed by atoms with E-state index in [1.807, 2.05) is 0 Å². The van der Waals surface area contributed by atoms with Crippen LogP contribution in [0.3, 0.4) is 0 Å². The van der Waals surface area contributed by atoms with Crippen molar-refractivity contribution >= 4 is 11.8 Å². The summed E-state index contributed by atoms with van der Waals surface area (Å²) in [5, 5.41) is 6.43. The standard InChI is InChI=1S/C20H36N4O2/c21-15-4-8-17(9-5-15)23-19(25)13-2-1-3-14(12-13)20(26)24-18-10-6-16(22)7-11-18/h13-18H,1-12,21-22H2,(H,23,25)(H,24,26). The number of carbonyl (C=O) groups excluding carboxylic acids is 2. The fourth-order valence-corrected chi connectivity index (χ4v) is 4.83. The maximum Gasteiger partial charge on any atom is 0.223 e. The fraction of sp³-hybridized carbons (Fsp3) is 0.900. The molecule has 148 valence electrons. The zero-order valence-corrected chi connectivity index (χ0v) is 15.9. The van der Waals surface area contributed by atoms with Crippen LogP contribution in [0.5, 0.6) is 0 Å². The number of nitrogens with one attached hydrogen (secondary N) is 2. The SMILES string of the molecule is NC1CCC(NC(=O)C2CCCC(C(=O)NC3CCC(N)CC3)C2)CC1. The van der Waals surface area contributed by atoms with E-state index in [2.05, 4.69) is 10.6 Å². The molecular formula is C20H36N4O2. The number of carbonyl (C=O) groups is 2. The minimum atomic E-state index is -0.0186. The number of nitrogens with two attached hydrogens (primary N) is 2. The molecule has 3 saturated carbocycles. The third-order valence-corrected chi connectivity index (χ3v) is 6.65. The van der Waals surface area contributed by atoms with Crippen LogP contribution in [0.15, 0.2) is 0 Å². The zero-order chi connectivity index (χ0) is 18.5. The predicted octanol–water partition coefficient (Wildman–Crippen LogP) is 1.57. The van der Waals surface area contributed by atoms with Crippen LogP contribution in [0.1, 0.15) is 77.0 Å². The van der Waals surface area contributed by atoms with Gasteiger partial charge in [-0.15, -0.1) is 0 Å². The minimum absolute atomic E-state index is 0.0186. The van der Waals surface area contributed by atoms with E-state index in [1.54, 1.807) is 0 Å². The summed E-state index contributed by atoms with van der Waals surface area (Å²) in [6, 6.07) is 1.12. The van der Waals surface area contributed by atoms with Crippen molar-refractivity contribution in [3.63, 3.8) is 0 Å². The van der Waals surface area contributed by atoms with Gasteiger partial charge in [0.05, 0.1) is 0 Å². The van der Waals surface area contributed by atoms with Crippen LogP contribution in [-0.2, 0) is 9.59 Å². The van der Waals surface area contributed by atoms with E-state index in [9.17, 15) is 9.59 Å². The first kappa shape index (κ1) is 19.6. The van der Waals surface area contributed by atoms with Gasteiger partial charge in [-0.2, -0.15) is 0 Å². The molecule has 0 heterocycles. The zero-order valence-electron chi connectivity index (χ0n) is 15.9. The molecule has 0 spiro atoms. The highest BCUT2D eigenvalue weighted by Gasteiger charge is 2.33. The molecule has 3 aliphatic rings. The number of amides is 2. The van der Waals surface area contributed by atoms with E-state index >= 15 is 0 Å². The van der Waals surface area contributed by atoms with E-state index in [1.165, 1.54) is 0 Å². The minimum Gasteiger partial charge on any atom is -0.353 e. The van der Waals surface area contributed by atoms with Gasteiger partial charge in [0.2, 0.25) is 11.8 Å². The summed E-state index contributed by atoms with van der Waals surface area (Å²) in [5.41, 5.74) is 11.9. The summed E-state index contributed by atoms with van der Waals surface area (Å²) in [5.74, 6) is 0.253. The Balaban J connectivity index is 1.44. The molecule has 0 saturated heterocycles. The van der Waals surface area contributed by atoms with E-state index in [0.29, 0.717) is 18.5 Å². The molecule has 6 heteroatoms. The maximum absolute atomic E-state index is 12.7. The molecule has 0 aliphatic heterocycles. The van der Waals surface area contributed by atoms with Gasteiger partial charge in [0.25, 0.3) is 0 Å². The van der Waals surface area contributed by atoms with Crippen molar-refractivity contribution < 1.29 is 9.59 Å². The summed E-state index contributed by atoms with van der Waals surface area (Å²) < 4.78 is 0. The lowest BCUT2D eigenvalue weighted by molar-refractivity contribution is -0.131. The van der Waals surface area contributed by atoms with Crippen LogP contribution >= 0.6 is 0 Å². The van der Waals surface area contributed by atoms with Crippen LogP contribution in [-0.4, -0.2) is 36.0 Å². The molecular weight excluding hydrogens is 328 g/mol. The molecule has 0 aromatic heterocycles. The Bertz CT molecular complexity index is 440. The topological polar surface area (TPSA) is 110 Å². The van der Waals surface area contributed by atoms with E-state index < -0.39 is 0 Å². The Morgan fingerprint density at radius 3 is 1.38 bits per heavy atom. The number of hydrogen-bond donors (Lipinski definition) is 4. The molecule has 0 aromatic rings. The Labute approximate surface area is 157 Å². The lowest BCUT2D eigenvalue weighted by Crippen LogP contribution is -2.46. The lowest BCUT2D eigenvalue weighted by atomic mass is 9.79. The monoisotopic (exact) mass is 364 g/mol. The third kappa shape index (κ3) is 5.43. The average Bonchev–Trinajstić information content (AvgIpc) is 2.65. The Kier molecular flexibility index (Phi) is 6.92. The molecule has 0 aromatic carbocycles. The van der Waals surface area contributed by atoms with Crippen molar-refractivity contribution in [3.8, 4) is 0 Å². The van der Waals surface area contributed by atoms with Gasteiger partial charge in [-0.05, 0) is 70.6 Å². The van der Waals surface area contributed by atoms with E-state index in [4.69, 9.17) is 11.5 Å². The first-order chi connectivity index (χ1) is 12.5. The third-order valence-electron chi connectivity index (χ3n) is 6.65. The van der Waals surface area contributed by atoms with Gasteiger partial charge < -0.3 is 22.1 Å². The average molecular weight is 365 g/mol. The molecule has 0 bridgehead atoms. The summed E-state index contributed by atoms with van der Waals surface area (Å²) in [7, 11) is 0. The van der Waals surface area contributed by atoms with E-state index in [0.717, 1.165) is 70.6 Å². The molecule has 26 heavy (non-hydrogen) atoms. The quantitative estimate of drug-likeness (QED) is 0.607. The second kappa shape index (κ2) is 9.18. The molecule has 3 aliphatic carbocycles. The highest BCUT2D eigenvalue weighted by Crippen LogP contribution is 2.30. The molecule has 6 nitrogen and oxygen atoms in total. The molecule has 3 rings (SSSR count). The lowest BCUT2D eigenvalue weighted by Gasteiger charge is -2.33. The van der Waals surface area contributed by atoms with Crippen molar-refractivity contribution in [1.82, 2.24) is 10.6 Å². The maximum atomic E-state index is 12.7. The van der Waals surface area contributed by atoms with Crippen LogP contribution in [0.2, 0.25) is 0 Å². The fourth-order valence-electron chi connectivity index (χ4n) is 4.83. The molecule has 6 N–H and O–H groups in total. The first-order valence-corrected chi connectivity index (χ1v) is 10.6. The van der Waals surface area contributed by atoms with E-state index in [-0.39, 0.29) is 35.7 Å². The Morgan fingerprint density at radius 1 is 0.615 bits per heavy atom. The van der Waals surface area contributed by atoms with Crippen molar-refractivity contribution in [2.45, 2.75) is 101 Å². The summed E-state index contributed by atoms with van der Waals surface area (Å²) >= 11 is 0. The van der Waals surface area contributed by atoms with Gasteiger partial charge in [-0.3, -0.25) is 9.59 Å². The Hall–Kier alpha value is -1.14. The van der Waals surface area contributed by atoms with Crippen LogP contribution in [0.4, 0.5) is 0 Å². The molecule has 3 fully saturated rings. The summed E-state index contributed by atoms with van der Waals surface area (Å²) in [6.45, 7) is 0.